The van der Waals surface area contributed by atoms with E-state index < -0.39 is 5.60 Å². The molecule has 22 heavy (non-hydrogen) atoms. The molecule has 2 aliphatic rings. The Kier molecular flexibility index (Phi) is 6.50. The van der Waals surface area contributed by atoms with E-state index in [1.165, 1.54) is 19.3 Å². The third-order valence-corrected chi connectivity index (χ3v) is 4.50. The van der Waals surface area contributed by atoms with Crippen LogP contribution in [0.1, 0.15) is 46.5 Å². The minimum atomic E-state index is -0.405. The summed E-state index contributed by atoms with van der Waals surface area (Å²) in [5, 5.41) is 7.03. The van der Waals surface area contributed by atoms with Gasteiger partial charge in [-0.25, -0.2) is 4.79 Å². The summed E-state index contributed by atoms with van der Waals surface area (Å²) >= 11 is 0. The lowest BCUT2D eigenvalue weighted by Gasteiger charge is -2.34. The second-order valence-electron chi connectivity index (χ2n) is 7.79. The number of ether oxygens (including phenoxy) is 1. The van der Waals surface area contributed by atoms with Gasteiger partial charge in [0.2, 0.25) is 0 Å². The summed E-state index contributed by atoms with van der Waals surface area (Å²) in [5.74, 6) is 1.37. The number of nitrogens with one attached hydrogen (secondary N) is 2. The average Bonchev–Trinajstić information content (AvgIpc) is 2.47. The van der Waals surface area contributed by atoms with Gasteiger partial charge in [0.25, 0.3) is 0 Å². The van der Waals surface area contributed by atoms with Gasteiger partial charge in [-0.05, 0) is 84.5 Å². The van der Waals surface area contributed by atoms with E-state index in [9.17, 15) is 4.79 Å². The van der Waals surface area contributed by atoms with Gasteiger partial charge < -0.3 is 20.3 Å². The first kappa shape index (κ1) is 17.5. The Balaban J connectivity index is 1.67. The van der Waals surface area contributed by atoms with Crippen LogP contribution in [-0.2, 0) is 4.74 Å². The molecule has 0 aromatic heterocycles. The van der Waals surface area contributed by atoms with E-state index in [-0.39, 0.29) is 6.09 Å². The quantitative estimate of drug-likeness (QED) is 0.836. The van der Waals surface area contributed by atoms with Crippen LogP contribution in [0.5, 0.6) is 0 Å². The number of likely N-dealkylation sites (tertiary alicyclic amines) is 1. The smallest absolute Gasteiger partial charge is 0.410 e. The first-order valence-electron chi connectivity index (χ1n) is 8.83. The molecule has 128 valence electrons. The lowest BCUT2D eigenvalue weighted by Crippen LogP contribution is -2.45. The van der Waals surface area contributed by atoms with Crippen molar-refractivity contribution in [2.75, 3.05) is 39.3 Å². The normalized spacial score (nSPS) is 24.3. The number of carbonyl (C=O) groups excluding carboxylic acids is 1. The summed E-state index contributed by atoms with van der Waals surface area (Å²) in [6, 6.07) is 0. The third kappa shape index (κ3) is 6.13. The van der Waals surface area contributed by atoms with Gasteiger partial charge >= 0.3 is 6.09 Å². The van der Waals surface area contributed by atoms with Gasteiger partial charge in [0, 0.05) is 13.1 Å². The average molecular weight is 311 g/mol. The lowest BCUT2D eigenvalue weighted by atomic mass is 9.96. The topological polar surface area (TPSA) is 53.6 Å². The van der Waals surface area contributed by atoms with Crippen molar-refractivity contribution in [3.63, 3.8) is 0 Å². The van der Waals surface area contributed by atoms with Gasteiger partial charge in [0.05, 0.1) is 0 Å². The van der Waals surface area contributed by atoms with Gasteiger partial charge in [-0.1, -0.05) is 0 Å². The van der Waals surface area contributed by atoms with Crippen LogP contribution in [0.3, 0.4) is 0 Å². The van der Waals surface area contributed by atoms with Crippen molar-refractivity contribution < 1.29 is 9.53 Å². The van der Waals surface area contributed by atoms with Crippen LogP contribution in [-0.4, -0.2) is 55.9 Å². The summed E-state index contributed by atoms with van der Waals surface area (Å²) in [4.78, 5) is 14.0. The zero-order chi connectivity index (χ0) is 16.0. The molecule has 2 saturated heterocycles. The highest BCUT2D eigenvalue weighted by Gasteiger charge is 2.27. The van der Waals surface area contributed by atoms with Crippen LogP contribution < -0.4 is 10.6 Å². The van der Waals surface area contributed by atoms with Crippen LogP contribution in [0.25, 0.3) is 0 Å². The predicted octanol–water partition coefficient (Wildman–Crippen LogP) is 2.22. The van der Waals surface area contributed by atoms with Crippen LogP contribution in [0.4, 0.5) is 4.79 Å². The monoisotopic (exact) mass is 311 g/mol. The van der Waals surface area contributed by atoms with Gasteiger partial charge in [0.1, 0.15) is 5.60 Å². The molecule has 2 fully saturated rings. The van der Waals surface area contributed by atoms with Gasteiger partial charge in [-0.2, -0.15) is 0 Å². The van der Waals surface area contributed by atoms with Gasteiger partial charge in [0.15, 0.2) is 0 Å². The van der Waals surface area contributed by atoms with E-state index >= 15 is 0 Å². The molecule has 5 nitrogen and oxygen atoms in total. The molecule has 2 rings (SSSR count). The number of hydrogen-bond acceptors (Lipinski definition) is 4. The van der Waals surface area contributed by atoms with E-state index in [1.54, 1.807) is 0 Å². The first-order chi connectivity index (χ1) is 10.4. The summed E-state index contributed by atoms with van der Waals surface area (Å²) in [6.45, 7) is 11.9. The molecule has 0 saturated carbocycles. The molecule has 1 amide bonds. The first-order valence-corrected chi connectivity index (χ1v) is 8.83. The minimum Gasteiger partial charge on any atom is -0.444 e. The fourth-order valence-electron chi connectivity index (χ4n) is 3.30. The SMILES string of the molecule is CC(C)(C)OC(=O)N1CCCC(CNCC2CCNCC2)C1. The molecule has 2 heterocycles. The van der Waals surface area contributed by atoms with E-state index in [2.05, 4.69) is 10.6 Å². The van der Waals surface area contributed by atoms with Gasteiger partial charge in [-0.3, -0.25) is 0 Å². The zero-order valence-electron chi connectivity index (χ0n) is 14.5. The van der Waals surface area contributed by atoms with Crippen LogP contribution >= 0.6 is 0 Å². The Morgan fingerprint density at radius 1 is 1.18 bits per heavy atom. The summed E-state index contributed by atoms with van der Waals surface area (Å²) in [7, 11) is 0. The number of amides is 1. The Labute approximate surface area is 135 Å². The molecule has 1 atom stereocenters. The molecule has 5 heteroatoms. The summed E-state index contributed by atoms with van der Waals surface area (Å²) in [5.41, 5.74) is -0.405. The van der Waals surface area contributed by atoms with E-state index in [0.717, 1.165) is 51.6 Å². The minimum absolute atomic E-state index is 0.157. The van der Waals surface area contributed by atoms with E-state index in [0.29, 0.717) is 5.92 Å². The van der Waals surface area contributed by atoms with Crippen LogP contribution in [0, 0.1) is 11.8 Å². The van der Waals surface area contributed by atoms with E-state index in [1.807, 2.05) is 25.7 Å². The molecule has 0 aliphatic carbocycles. The molecular weight excluding hydrogens is 278 g/mol. The number of hydrogen-bond donors (Lipinski definition) is 2. The molecule has 0 bridgehead atoms. The Morgan fingerprint density at radius 2 is 1.86 bits per heavy atom. The van der Waals surface area contributed by atoms with Crippen molar-refractivity contribution in [2.45, 2.75) is 52.1 Å². The molecule has 1 unspecified atom stereocenters. The molecule has 2 N–H and O–H groups in total. The maximum atomic E-state index is 12.2. The highest BCUT2D eigenvalue weighted by atomic mass is 16.6. The van der Waals surface area contributed by atoms with Crippen molar-refractivity contribution >= 4 is 6.09 Å². The van der Waals surface area contributed by atoms with Crippen molar-refractivity contribution in [3.8, 4) is 0 Å². The third-order valence-electron chi connectivity index (χ3n) is 4.50. The maximum Gasteiger partial charge on any atom is 0.410 e. The summed E-state index contributed by atoms with van der Waals surface area (Å²) in [6.07, 6.45) is 4.69. The Bertz CT molecular complexity index is 348. The van der Waals surface area contributed by atoms with Crippen LogP contribution in [0.15, 0.2) is 0 Å². The number of rotatable bonds is 4. The molecular formula is C17H33N3O2. The van der Waals surface area contributed by atoms with Crippen LogP contribution in [0.2, 0.25) is 0 Å². The molecule has 2 aliphatic heterocycles. The van der Waals surface area contributed by atoms with Crippen molar-refractivity contribution in [1.29, 1.82) is 0 Å². The van der Waals surface area contributed by atoms with E-state index in [4.69, 9.17) is 4.74 Å². The highest BCUT2D eigenvalue weighted by molar-refractivity contribution is 5.68. The molecule has 0 radical (unpaired) electrons. The molecule has 0 spiro atoms. The zero-order valence-corrected chi connectivity index (χ0v) is 14.5. The number of nitrogens with zero attached hydrogens (tertiary/aromatic N) is 1. The molecule has 0 aromatic rings. The lowest BCUT2D eigenvalue weighted by molar-refractivity contribution is 0.0166. The number of piperidine rings is 2. The largest absolute Gasteiger partial charge is 0.444 e. The standard InChI is InChI=1S/C17H33N3O2/c1-17(2,3)22-16(21)20-10-4-5-15(13-20)12-19-11-14-6-8-18-9-7-14/h14-15,18-19H,4-13H2,1-3H3. The second-order valence-corrected chi connectivity index (χ2v) is 7.79. The Morgan fingerprint density at radius 3 is 2.55 bits per heavy atom. The van der Waals surface area contributed by atoms with Crippen molar-refractivity contribution in [1.82, 2.24) is 15.5 Å². The predicted molar refractivity (Wildman–Crippen MR) is 89.0 cm³/mol. The summed E-state index contributed by atoms with van der Waals surface area (Å²) < 4.78 is 5.48. The Hall–Kier alpha value is -0.810. The fraction of sp³-hybridized carbons (Fsp3) is 0.941. The number of carbonyl (C=O) groups is 1. The highest BCUT2D eigenvalue weighted by Crippen LogP contribution is 2.19. The maximum absolute atomic E-state index is 12.2. The van der Waals surface area contributed by atoms with Crippen molar-refractivity contribution in [3.05, 3.63) is 0 Å². The second kappa shape index (κ2) is 8.16. The molecule has 0 aromatic carbocycles. The van der Waals surface area contributed by atoms with Gasteiger partial charge in [-0.15, -0.1) is 0 Å². The van der Waals surface area contributed by atoms with Crippen molar-refractivity contribution in [2.24, 2.45) is 11.8 Å². The fourth-order valence-corrected chi connectivity index (χ4v) is 3.30.